The molecular weight excluding hydrogens is 276 g/mol. The smallest absolute Gasteiger partial charge is 0.251 e. The van der Waals surface area contributed by atoms with Crippen LogP contribution in [0.5, 0.6) is 0 Å². The van der Waals surface area contributed by atoms with Gasteiger partial charge in [0.15, 0.2) is 0 Å². The monoisotopic (exact) mass is 300 g/mol. The minimum Gasteiger partial charge on any atom is -0.352 e. The Morgan fingerprint density at radius 2 is 2.18 bits per heavy atom. The molecule has 0 radical (unpaired) electrons. The molecule has 1 aliphatic heterocycles. The van der Waals surface area contributed by atoms with E-state index in [4.69, 9.17) is 4.98 Å². The van der Waals surface area contributed by atoms with Crippen LogP contribution in [0.15, 0.2) is 18.2 Å². The highest BCUT2D eigenvalue weighted by Gasteiger charge is 2.20. The summed E-state index contributed by atoms with van der Waals surface area (Å²) in [4.78, 5) is 19.2. The molecule has 0 bridgehead atoms. The molecule has 2 heterocycles. The van der Waals surface area contributed by atoms with E-state index in [-0.39, 0.29) is 5.91 Å². The van der Waals surface area contributed by atoms with Crippen molar-refractivity contribution in [3.63, 3.8) is 0 Å². The minimum absolute atomic E-state index is 0.0278. The summed E-state index contributed by atoms with van der Waals surface area (Å²) < 4.78 is 2.29. The van der Waals surface area contributed by atoms with Gasteiger partial charge in [-0.15, -0.1) is 0 Å². The molecule has 0 spiro atoms. The van der Waals surface area contributed by atoms with E-state index in [0.29, 0.717) is 12.1 Å². The lowest BCUT2D eigenvalue weighted by Gasteiger charge is -2.27. The molecule has 1 aromatic carbocycles. The third-order valence-electron chi connectivity index (χ3n) is 4.26. The average molecular weight is 300 g/mol. The highest BCUT2D eigenvalue weighted by molar-refractivity contribution is 5.97. The molecule has 1 aromatic heterocycles. The SMILES string of the molecule is CCCCN1CCn2c(nc3cc(C(=O)NCC)ccc32)C1. The molecule has 0 aliphatic carbocycles. The van der Waals surface area contributed by atoms with Crippen LogP contribution in [0.3, 0.4) is 0 Å². The van der Waals surface area contributed by atoms with Gasteiger partial charge in [0.25, 0.3) is 5.91 Å². The molecule has 0 atom stereocenters. The van der Waals surface area contributed by atoms with E-state index in [9.17, 15) is 4.79 Å². The fourth-order valence-electron chi connectivity index (χ4n) is 3.05. The molecule has 2 aromatic rings. The molecule has 5 heteroatoms. The summed E-state index contributed by atoms with van der Waals surface area (Å²) in [5, 5.41) is 2.84. The Bertz CT molecular complexity index is 677. The molecule has 0 fully saturated rings. The van der Waals surface area contributed by atoms with Gasteiger partial charge >= 0.3 is 0 Å². The van der Waals surface area contributed by atoms with Crippen molar-refractivity contribution in [2.24, 2.45) is 0 Å². The Kier molecular flexibility index (Phi) is 4.43. The first-order chi connectivity index (χ1) is 10.7. The number of carbonyl (C=O) groups excluding carboxylic acids is 1. The van der Waals surface area contributed by atoms with Gasteiger partial charge in [0.05, 0.1) is 17.6 Å². The highest BCUT2D eigenvalue weighted by Crippen LogP contribution is 2.22. The number of carbonyl (C=O) groups is 1. The maximum atomic E-state index is 11.9. The molecule has 118 valence electrons. The number of imidazole rings is 1. The molecule has 0 unspecified atom stereocenters. The van der Waals surface area contributed by atoms with Gasteiger partial charge in [-0.2, -0.15) is 0 Å². The van der Waals surface area contributed by atoms with Crippen LogP contribution >= 0.6 is 0 Å². The van der Waals surface area contributed by atoms with E-state index in [2.05, 4.69) is 21.7 Å². The maximum Gasteiger partial charge on any atom is 0.251 e. The zero-order valence-corrected chi connectivity index (χ0v) is 13.4. The number of nitrogens with one attached hydrogen (secondary N) is 1. The number of rotatable bonds is 5. The van der Waals surface area contributed by atoms with Crippen molar-refractivity contribution in [3.05, 3.63) is 29.6 Å². The van der Waals surface area contributed by atoms with Crippen molar-refractivity contribution in [1.29, 1.82) is 0 Å². The fourth-order valence-corrected chi connectivity index (χ4v) is 3.05. The van der Waals surface area contributed by atoms with E-state index in [1.165, 1.54) is 12.8 Å². The standard InChI is InChI=1S/C17H24N4O/c1-3-5-8-20-9-10-21-15-7-6-13(17(22)18-4-2)11-14(15)19-16(21)12-20/h6-7,11H,3-5,8-10,12H2,1-2H3,(H,18,22). The molecule has 5 nitrogen and oxygen atoms in total. The first-order valence-electron chi connectivity index (χ1n) is 8.22. The average Bonchev–Trinajstić information content (AvgIpc) is 2.89. The number of benzene rings is 1. The second-order valence-corrected chi connectivity index (χ2v) is 5.87. The van der Waals surface area contributed by atoms with Gasteiger partial charge in [0, 0.05) is 25.2 Å². The van der Waals surface area contributed by atoms with Gasteiger partial charge in [-0.05, 0) is 38.1 Å². The van der Waals surface area contributed by atoms with Gasteiger partial charge in [-0.3, -0.25) is 9.69 Å². The van der Waals surface area contributed by atoms with Gasteiger partial charge in [-0.1, -0.05) is 13.3 Å². The summed E-state index contributed by atoms with van der Waals surface area (Å²) in [5.74, 6) is 1.09. The lowest BCUT2D eigenvalue weighted by Crippen LogP contribution is -2.34. The first-order valence-corrected chi connectivity index (χ1v) is 8.22. The van der Waals surface area contributed by atoms with Gasteiger partial charge in [-0.25, -0.2) is 4.98 Å². The summed E-state index contributed by atoms with van der Waals surface area (Å²) >= 11 is 0. The molecular formula is C17H24N4O. The second kappa shape index (κ2) is 6.48. The van der Waals surface area contributed by atoms with Crippen LogP contribution in [0, 0.1) is 0 Å². The summed E-state index contributed by atoms with van der Waals surface area (Å²) in [6, 6.07) is 5.83. The van der Waals surface area contributed by atoms with Gasteiger partial charge in [0.2, 0.25) is 0 Å². The Hall–Kier alpha value is -1.88. The molecule has 1 amide bonds. The number of hydrogen-bond donors (Lipinski definition) is 1. The van der Waals surface area contributed by atoms with Crippen LogP contribution in [0.1, 0.15) is 42.9 Å². The largest absolute Gasteiger partial charge is 0.352 e. The number of unbranched alkanes of at least 4 members (excludes halogenated alkanes) is 1. The highest BCUT2D eigenvalue weighted by atomic mass is 16.1. The van der Waals surface area contributed by atoms with Crippen molar-refractivity contribution in [1.82, 2.24) is 19.8 Å². The van der Waals surface area contributed by atoms with Crippen molar-refractivity contribution >= 4 is 16.9 Å². The summed E-state index contributed by atoms with van der Waals surface area (Å²) in [5.41, 5.74) is 2.75. The van der Waals surface area contributed by atoms with Crippen LogP contribution in [-0.4, -0.2) is 40.0 Å². The third-order valence-corrected chi connectivity index (χ3v) is 4.26. The maximum absolute atomic E-state index is 11.9. The van der Waals surface area contributed by atoms with Gasteiger partial charge in [0.1, 0.15) is 5.82 Å². The van der Waals surface area contributed by atoms with Gasteiger partial charge < -0.3 is 9.88 Å². The van der Waals surface area contributed by atoms with E-state index in [0.717, 1.165) is 43.0 Å². The first kappa shape index (κ1) is 15.0. The van der Waals surface area contributed by atoms with E-state index in [1.807, 2.05) is 25.1 Å². The van der Waals surface area contributed by atoms with Crippen LogP contribution < -0.4 is 5.32 Å². The molecule has 1 aliphatic rings. The Labute approximate surface area is 131 Å². The lowest BCUT2D eigenvalue weighted by atomic mass is 10.2. The van der Waals surface area contributed by atoms with Crippen molar-refractivity contribution in [3.8, 4) is 0 Å². The zero-order chi connectivity index (χ0) is 15.5. The zero-order valence-electron chi connectivity index (χ0n) is 13.4. The number of hydrogen-bond acceptors (Lipinski definition) is 3. The predicted octanol–water partition coefficient (Wildman–Crippen LogP) is 2.40. The molecule has 3 rings (SSSR count). The molecule has 0 saturated carbocycles. The molecule has 1 N–H and O–H groups in total. The van der Waals surface area contributed by atoms with Crippen LogP contribution in [0.25, 0.3) is 11.0 Å². The number of aromatic nitrogens is 2. The fraction of sp³-hybridized carbons (Fsp3) is 0.529. The summed E-state index contributed by atoms with van der Waals surface area (Å²) in [6.45, 7) is 8.91. The Morgan fingerprint density at radius 3 is 2.95 bits per heavy atom. The Balaban J connectivity index is 1.86. The van der Waals surface area contributed by atoms with Crippen molar-refractivity contribution in [2.75, 3.05) is 19.6 Å². The third kappa shape index (κ3) is 2.86. The normalized spacial score (nSPS) is 15.0. The van der Waals surface area contributed by atoms with E-state index >= 15 is 0 Å². The topological polar surface area (TPSA) is 50.2 Å². The van der Waals surface area contributed by atoms with Crippen molar-refractivity contribution in [2.45, 2.75) is 39.8 Å². The predicted molar refractivity (Wildman–Crippen MR) is 87.9 cm³/mol. The minimum atomic E-state index is -0.0278. The molecule has 0 saturated heterocycles. The van der Waals surface area contributed by atoms with Crippen LogP contribution in [0.4, 0.5) is 0 Å². The van der Waals surface area contributed by atoms with E-state index < -0.39 is 0 Å². The molecule has 22 heavy (non-hydrogen) atoms. The quantitative estimate of drug-likeness (QED) is 0.922. The number of fused-ring (bicyclic) bond motifs is 3. The number of nitrogens with zero attached hydrogens (tertiary/aromatic N) is 3. The van der Waals surface area contributed by atoms with Crippen LogP contribution in [0.2, 0.25) is 0 Å². The Morgan fingerprint density at radius 1 is 1.32 bits per heavy atom. The second-order valence-electron chi connectivity index (χ2n) is 5.87. The lowest BCUT2D eigenvalue weighted by molar-refractivity contribution is 0.0956. The van der Waals surface area contributed by atoms with Crippen molar-refractivity contribution < 1.29 is 4.79 Å². The number of amides is 1. The summed E-state index contributed by atoms with van der Waals surface area (Å²) in [7, 11) is 0. The summed E-state index contributed by atoms with van der Waals surface area (Å²) in [6.07, 6.45) is 2.46. The van der Waals surface area contributed by atoms with E-state index in [1.54, 1.807) is 0 Å². The van der Waals surface area contributed by atoms with Crippen LogP contribution in [-0.2, 0) is 13.1 Å².